The van der Waals surface area contributed by atoms with Gasteiger partial charge in [0.25, 0.3) is 5.91 Å². The maximum Gasteiger partial charge on any atom is 0.274 e. The Bertz CT molecular complexity index is 361. The highest BCUT2D eigenvalue weighted by Crippen LogP contribution is 2.14. The summed E-state index contributed by atoms with van der Waals surface area (Å²) in [5, 5.41) is 15.2. The number of carbonyl (C=O) groups is 1. The summed E-state index contributed by atoms with van der Waals surface area (Å²) in [6, 6.07) is 3.58. The largest absolute Gasteiger partial charge is 0.364 e. The third-order valence-electron chi connectivity index (χ3n) is 2.44. The molecule has 0 fully saturated rings. The van der Waals surface area contributed by atoms with Gasteiger partial charge in [0.15, 0.2) is 5.69 Å². The third kappa shape index (κ3) is 2.34. The average Bonchev–Trinajstić information content (AvgIpc) is 2.79. The standard InChI is InChI=1S/C10H13N3O2/c1-3-10(4-2,7-11)12-9(14)8-5-6-15-13-8/h5-6H,3-4H2,1-2H3,(H,12,14). The van der Waals surface area contributed by atoms with E-state index in [2.05, 4.69) is 21.1 Å². The van der Waals surface area contributed by atoms with Gasteiger partial charge in [-0.25, -0.2) is 0 Å². The topological polar surface area (TPSA) is 78.9 Å². The first kappa shape index (κ1) is 11.2. The molecule has 0 saturated heterocycles. The van der Waals surface area contributed by atoms with Gasteiger partial charge in [-0.15, -0.1) is 0 Å². The molecule has 5 heteroatoms. The maximum atomic E-state index is 11.6. The Morgan fingerprint density at radius 3 is 2.73 bits per heavy atom. The molecule has 0 radical (unpaired) electrons. The van der Waals surface area contributed by atoms with Crippen LogP contribution in [0.1, 0.15) is 37.2 Å². The van der Waals surface area contributed by atoms with Crippen molar-refractivity contribution in [1.29, 1.82) is 5.26 Å². The lowest BCUT2D eigenvalue weighted by molar-refractivity contribution is 0.0906. The van der Waals surface area contributed by atoms with E-state index in [4.69, 9.17) is 5.26 Å². The Hall–Kier alpha value is -1.83. The van der Waals surface area contributed by atoms with Gasteiger partial charge in [0.1, 0.15) is 11.8 Å². The Morgan fingerprint density at radius 2 is 2.33 bits per heavy atom. The molecule has 1 rings (SSSR count). The highest BCUT2D eigenvalue weighted by molar-refractivity contribution is 5.92. The van der Waals surface area contributed by atoms with Crippen molar-refractivity contribution in [1.82, 2.24) is 10.5 Å². The number of hydrogen-bond donors (Lipinski definition) is 1. The molecule has 0 aliphatic heterocycles. The number of nitrogens with zero attached hydrogens (tertiary/aromatic N) is 2. The van der Waals surface area contributed by atoms with E-state index in [1.807, 2.05) is 13.8 Å². The second kappa shape index (κ2) is 4.60. The van der Waals surface area contributed by atoms with Crippen LogP contribution in [0.4, 0.5) is 0 Å². The highest BCUT2D eigenvalue weighted by atomic mass is 16.5. The lowest BCUT2D eigenvalue weighted by Gasteiger charge is -2.24. The summed E-state index contributed by atoms with van der Waals surface area (Å²) in [6.07, 6.45) is 2.44. The molecule has 0 aromatic carbocycles. The zero-order chi connectivity index (χ0) is 11.3. The fourth-order valence-corrected chi connectivity index (χ4v) is 1.22. The molecule has 0 bridgehead atoms. The molecule has 1 aromatic rings. The van der Waals surface area contributed by atoms with Gasteiger partial charge in [0, 0.05) is 6.07 Å². The first-order chi connectivity index (χ1) is 7.17. The first-order valence-electron chi connectivity index (χ1n) is 4.81. The summed E-state index contributed by atoms with van der Waals surface area (Å²) in [5.74, 6) is -0.381. The number of amides is 1. The van der Waals surface area contributed by atoms with E-state index in [-0.39, 0.29) is 11.6 Å². The zero-order valence-corrected chi connectivity index (χ0v) is 8.78. The van der Waals surface area contributed by atoms with Crippen molar-refractivity contribution >= 4 is 5.91 Å². The van der Waals surface area contributed by atoms with E-state index >= 15 is 0 Å². The Balaban J connectivity index is 2.77. The number of aromatic nitrogens is 1. The molecule has 1 amide bonds. The molecule has 0 saturated carbocycles. The normalized spacial score (nSPS) is 10.7. The maximum absolute atomic E-state index is 11.6. The molecule has 1 N–H and O–H groups in total. The molecule has 0 aliphatic carbocycles. The average molecular weight is 207 g/mol. The van der Waals surface area contributed by atoms with Crippen LogP contribution in [-0.2, 0) is 0 Å². The molecule has 80 valence electrons. The summed E-state index contributed by atoms with van der Waals surface area (Å²) in [7, 11) is 0. The molecule has 1 heterocycles. The van der Waals surface area contributed by atoms with Crippen molar-refractivity contribution in [3.8, 4) is 6.07 Å². The Kier molecular flexibility index (Phi) is 3.45. The molecule has 15 heavy (non-hydrogen) atoms. The van der Waals surface area contributed by atoms with Crippen molar-refractivity contribution in [3.63, 3.8) is 0 Å². The first-order valence-corrected chi connectivity index (χ1v) is 4.81. The second-order valence-electron chi connectivity index (χ2n) is 3.24. The van der Waals surface area contributed by atoms with Crippen LogP contribution in [0.2, 0.25) is 0 Å². The fourth-order valence-electron chi connectivity index (χ4n) is 1.22. The van der Waals surface area contributed by atoms with Gasteiger partial charge >= 0.3 is 0 Å². The van der Waals surface area contributed by atoms with Crippen molar-refractivity contribution in [2.45, 2.75) is 32.2 Å². The molecule has 5 nitrogen and oxygen atoms in total. The van der Waals surface area contributed by atoms with Gasteiger partial charge in [-0.1, -0.05) is 19.0 Å². The second-order valence-corrected chi connectivity index (χ2v) is 3.24. The summed E-state index contributed by atoms with van der Waals surface area (Å²) in [4.78, 5) is 11.6. The lowest BCUT2D eigenvalue weighted by Crippen LogP contribution is -2.46. The molecular weight excluding hydrogens is 194 g/mol. The summed E-state index contributed by atoms with van der Waals surface area (Å²) in [6.45, 7) is 3.71. The van der Waals surface area contributed by atoms with Gasteiger partial charge in [-0.2, -0.15) is 5.26 Å². The van der Waals surface area contributed by atoms with E-state index in [9.17, 15) is 4.79 Å². The number of nitriles is 1. The van der Waals surface area contributed by atoms with E-state index in [0.717, 1.165) is 0 Å². The summed E-state index contributed by atoms with van der Waals surface area (Å²) >= 11 is 0. The van der Waals surface area contributed by atoms with Gasteiger partial charge in [0.2, 0.25) is 0 Å². The number of nitrogens with one attached hydrogen (secondary N) is 1. The summed E-state index contributed by atoms with van der Waals surface area (Å²) in [5.41, 5.74) is -0.618. The number of carbonyl (C=O) groups excluding carboxylic acids is 1. The van der Waals surface area contributed by atoms with E-state index in [0.29, 0.717) is 12.8 Å². The number of hydrogen-bond acceptors (Lipinski definition) is 4. The van der Waals surface area contributed by atoms with Gasteiger partial charge in [0.05, 0.1) is 6.07 Å². The Morgan fingerprint density at radius 1 is 1.67 bits per heavy atom. The minimum atomic E-state index is -0.809. The van der Waals surface area contributed by atoms with E-state index in [1.54, 1.807) is 0 Å². The van der Waals surface area contributed by atoms with Crippen LogP contribution in [0.25, 0.3) is 0 Å². The predicted molar refractivity (Wildman–Crippen MR) is 52.9 cm³/mol. The van der Waals surface area contributed by atoms with Crippen LogP contribution in [-0.4, -0.2) is 16.6 Å². The van der Waals surface area contributed by atoms with Gasteiger partial charge < -0.3 is 9.84 Å². The zero-order valence-electron chi connectivity index (χ0n) is 8.78. The van der Waals surface area contributed by atoms with Crippen molar-refractivity contribution in [3.05, 3.63) is 18.0 Å². The molecule has 1 aromatic heterocycles. The van der Waals surface area contributed by atoms with Crippen LogP contribution in [0.5, 0.6) is 0 Å². The van der Waals surface area contributed by atoms with Crippen molar-refractivity contribution in [2.75, 3.05) is 0 Å². The SMILES string of the molecule is CCC(C#N)(CC)NC(=O)c1ccon1. The van der Waals surface area contributed by atoms with Crippen molar-refractivity contribution < 1.29 is 9.32 Å². The molecule has 0 spiro atoms. The predicted octanol–water partition coefficient (Wildman–Crippen LogP) is 1.49. The van der Waals surface area contributed by atoms with Crippen LogP contribution < -0.4 is 5.32 Å². The minimum Gasteiger partial charge on any atom is -0.364 e. The van der Waals surface area contributed by atoms with E-state index in [1.165, 1.54) is 12.3 Å². The van der Waals surface area contributed by atoms with Crippen LogP contribution in [0.3, 0.4) is 0 Å². The number of rotatable bonds is 4. The van der Waals surface area contributed by atoms with Crippen LogP contribution in [0.15, 0.2) is 16.9 Å². The quantitative estimate of drug-likeness (QED) is 0.811. The fraction of sp³-hybridized carbons (Fsp3) is 0.500. The summed E-state index contributed by atoms with van der Waals surface area (Å²) < 4.78 is 4.56. The van der Waals surface area contributed by atoms with E-state index < -0.39 is 5.54 Å². The minimum absolute atomic E-state index is 0.191. The molecule has 0 aliphatic rings. The van der Waals surface area contributed by atoms with Gasteiger partial charge in [-0.3, -0.25) is 4.79 Å². The monoisotopic (exact) mass is 207 g/mol. The highest BCUT2D eigenvalue weighted by Gasteiger charge is 2.28. The Labute approximate surface area is 88.1 Å². The third-order valence-corrected chi connectivity index (χ3v) is 2.44. The lowest BCUT2D eigenvalue weighted by atomic mass is 9.94. The molecule has 0 atom stereocenters. The van der Waals surface area contributed by atoms with Crippen LogP contribution in [0, 0.1) is 11.3 Å². The van der Waals surface area contributed by atoms with Crippen LogP contribution >= 0.6 is 0 Å². The van der Waals surface area contributed by atoms with Crippen molar-refractivity contribution in [2.24, 2.45) is 0 Å². The smallest absolute Gasteiger partial charge is 0.274 e. The molecule has 0 unspecified atom stereocenters. The van der Waals surface area contributed by atoms with Gasteiger partial charge in [-0.05, 0) is 12.8 Å². The molecular formula is C10H13N3O2.